The molecule has 1 aromatic carbocycles. The molecule has 136 valence electrons. The topological polar surface area (TPSA) is 57.0 Å². The molecule has 0 spiro atoms. The molecule has 1 aliphatic rings. The first-order valence-corrected chi connectivity index (χ1v) is 9.35. The molecule has 5 nitrogen and oxygen atoms in total. The SMILES string of the molecule is O=c1c2ccc(C#Cc3ccccn3)cc2nc2n1CCCCCOCC2. The molecule has 0 aliphatic carbocycles. The fourth-order valence-electron chi connectivity index (χ4n) is 3.26. The highest BCUT2D eigenvalue weighted by Crippen LogP contribution is 2.13. The van der Waals surface area contributed by atoms with Gasteiger partial charge in [-0.3, -0.25) is 9.36 Å². The number of ether oxygens (including phenoxy) is 1. The summed E-state index contributed by atoms with van der Waals surface area (Å²) >= 11 is 0. The zero-order chi connectivity index (χ0) is 18.5. The first kappa shape index (κ1) is 17.4. The van der Waals surface area contributed by atoms with Crippen LogP contribution in [0.25, 0.3) is 10.9 Å². The van der Waals surface area contributed by atoms with Crippen molar-refractivity contribution in [1.82, 2.24) is 14.5 Å². The van der Waals surface area contributed by atoms with Gasteiger partial charge in [0.15, 0.2) is 0 Å². The highest BCUT2D eigenvalue weighted by Gasteiger charge is 2.12. The average molecular weight is 359 g/mol. The van der Waals surface area contributed by atoms with E-state index in [0.29, 0.717) is 29.6 Å². The van der Waals surface area contributed by atoms with Crippen LogP contribution in [0.1, 0.15) is 36.3 Å². The molecule has 0 unspecified atom stereocenters. The Balaban J connectivity index is 1.73. The van der Waals surface area contributed by atoms with Crippen molar-refractivity contribution in [2.24, 2.45) is 0 Å². The van der Waals surface area contributed by atoms with Crippen molar-refractivity contribution < 1.29 is 4.74 Å². The standard InChI is InChI=1S/C22H21N3O2/c26-22-19-10-8-17(7-9-18-6-2-3-12-23-18)16-20(19)24-21-11-15-27-14-5-1-4-13-25(21)22/h2-3,6,8,10,12,16H,1,4-5,11,13-15H2. The lowest BCUT2D eigenvalue weighted by atomic mass is 10.1. The van der Waals surface area contributed by atoms with Crippen molar-refractivity contribution in [3.8, 4) is 11.8 Å². The summed E-state index contributed by atoms with van der Waals surface area (Å²) in [5.41, 5.74) is 2.25. The summed E-state index contributed by atoms with van der Waals surface area (Å²) in [5.74, 6) is 6.95. The largest absolute Gasteiger partial charge is 0.381 e. The summed E-state index contributed by atoms with van der Waals surface area (Å²) in [4.78, 5) is 21.9. The zero-order valence-electron chi connectivity index (χ0n) is 15.1. The van der Waals surface area contributed by atoms with E-state index in [4.69, 9.17) is 9.72 Å². The average Bonchev–Trinajstić information content (AvgIpc) is 2.71. The lowest BCUT2D eigenvalue weighted by molar-refractivity contribution is 0.128. The van der Waals surface area contributed by atoms with Gasteiger partial charge in [-0.2, -0.15) is 0 Å². The maximum Gasteiger partial charge on any atom is 0.261 e. The molecule has 0 radical (unpaired) electrons. The molecule has 0 saturated carbocycles. The summed E-state index contributed by atoms with van der Waals surface area (Å²) in [6.07, 6.45) is 5.44. The van der Waals surface area contributed by atoms with Crippen LogP contribution in [0, 0.1) is 11.8 Å². The maximum atomic E-state index is 13.0. The fourth-order valence-corrected chi connectivity index (χ4v) is 3.26. The van der Waals surface area contributed by atoms with Gasteiger partial charge in [0.2, 0.25) is 0 Å². The number of rotatable bonds is 0. The Kier molecular flexibility index (Phi) is 5.27. The van der Waals surface area contributed by atoms with Crippen molar-refractivity contribution in [2.45, 2.75) is 32.2 Å². The van der Waals surface area contributed by atoms with Crippen LogP contribution in [0.4, 0.5) is 0 Å². The van der Waals surface area contributed by atoms with Crippen LogP contribution < -0.4 is 5.56 Å². The van der Waals surface area contributed by atoms with Crippen molar-refractivity contribution in [3.05, 3.63) is 70.0 Å². The smallest absolute Gasteiger partial charge is 0.261 e. The molecule has 0 fully saturated rings. The number of fused-ring (bicyclic) bond motifs is 2. The third-order valence-corrected chi connectivity index (χ3v) is 4.67. The molecule has 1 aliphatic heterocycles. The zero-order valence-corrected chi connectivity index (χ0v) is 15.1. The van der Waals surface area contributed by atoms with Gasteiger partial charge < -0.3 is 4.74 Å². The Morgan fingerprint density at radius 1 is 1.04 bits per heavy atom. The molecule has 0 saturated heterocycles. The van der Waals surface area contributed by atoms with E-state index >= 15 is 0 Å². The molecule has 0 N–H and O–H groups in total. The molecular formula is C22H21N3O2. The normalized spacial score (nSPS) is 14.8. The Hall–Kier alpha value is -2.97. The van der Waals surface area contributed by atoms with E-state index in [1.165, 1.54) is 0 Å². The summed E-state index contributed by atoms with van der Waals surface area (Å²) < 4.78 is 7.46. The van der Waals surface area contributed by atoms with Gasteiger partial charge in [0.05, 0.1) is 17.5 Å². The number of benzene rings is 1. The van der Waals surface area contributed by atoms with Crippen LogP contribution in [0.3, 0.4) is 0 Å². The minimum absolute atomic E-state index is 0.0276. The number of hydrogen-bond donors (Lipinski definition) is 0. The Morgan fingerprint density at radius 3 is 2.89 bits per heavy atom. The lowest BCUT2D eigenvalue weighted by Crippen LogP contribution is -2.27. The van der Waals surface area contributed by atoms with E-state index in [2.05, 4.69) is 16.8 Å². The molecule has 4 rings (SSSR count). The molecule has 3 aromatic rings. The van der Waals surface area contributed by atoms with E-state index < -0.39 is 0 Å². The number of pyridine rings is 1. The third-order valence-electron chi connectivity index (χ3n) is 4.67. The van der Waals surface area contributed by atoms with Crippen molar-refractivity contribution in [2.75, 3.05) is 13.2 Å². The van der Waals surface area contributed by atoms with E-state index in [0.717, 1.165) is 43.8 Å². The summed E-state index contributed by atoms with van der Waals surface area (Å²) in [6, 6.07) is 11.2. The molecule has 0 atom stereocenters. The van der Waals surface area contributed by atoms with Gasteiger partial charge in [-0.25, -0.2) is 9.97 Å². The second-order valence-corrected chi connectivity index (χ2v) is 6.60. The van der Waals surface area contributed by atoms with Crippen molar-refractivity contribution in [1.29, 1.82) is 0 Å². The van der Waals surface area contributed by atoms with E-state index in [1.54, 1.807) is 6.20 Å². The second-order valence-electron chi connectivity index (χ2n) is 6.60. The molecule has 0 bridgehead atoms. The Bertz CT molecular complexity index is 1060. The van der Waals surface area contributed by atoms with Crippen LogP contribution >= 0.6 is 0 Å². The first-order valence-electron chi connectivity index (χ1n) is 9.35. The van der Waals surface area contributed by atoms with Gasteiger partial charge in [0.1, 0.15) is 11.5 Å². The minimum atomic E-state index is 0.0276. The monoisotopic (exact) mass is 359 g/mol. The minimum Gasteiger partial charge on any atom is -0.381 e. The number of aromatic nitrogens is 3. The van der Waals surface area contributed by atoms with E-state index in [-0.39, 0.29) is 5.56 Å². The molecule has 3 heterocycles. The van der Waals surface area contributed by atoms with Crippen LogP contribution in [0.5, 0.6) is 0 Å². The number of hydrogen-bond acceptors (Lipinski definition) is 4. The second kappa shape index (κ2) is 8.15. The third kappa shape index (κ3) is 4.07. The van der Waals surface area contributed by atoms with Gasteiger partial charge in [0.25, 0.3) is 5.56 Å². The molecule has 0 amide bonds. The van der Waals surface area contributed by atoms with E-state index in [1.807, 2.05) is 41.0 Å². The van der Waals surface area contributed by atoms with Crippen LogP contribution in [-0.2, 0) is 17.7 Å². The predicted octanol–water partition coefficient (Wildman–Crippen LogP) is 2.93. The first-order chi connectivity index (χ1) is 13.3. The van der Waals surface area contributed by atoms with Gasteiger partial charge in [0, 0.05) is 31.3 Å². The van der Waals surface area contributed by atoms with Crippen LogP contribution in [-0.4, -0.2) is 27.7 Å². The van der Waals surface area contributed by atoms with Gasteiger partial charge in [-0.1, -0.05) is 12.0 Å². The van der Waals surface area contributed by atoms with Crippen molar-refractivity contribution in [3.63, 3.8) is 0 Å². The molecule has 27 heavy (non-hydrogen) atoms. The van der Waals surface area contributed by atoms with Crippen molar-refractivity contribution >= 4 is 10.9 Å². The Labute approximate surface area is 158 Å². The fraction of sp³-hybridized carbons (Fsp3) is 0.318. The summed E-state index contributed by atoms with van der Waals surface area (Å²) in [6.45, 7) is 2.10. The summed E-state index contributed by atoms with van der Waals surface area (Å²) in [7, 11) is 0. The van der Waals surface area contributed by atoms with Gasteiger partial charge >= 0.3 is 0 Å². The van der Waals surface area contributed by atoms with Crippen LogP contribution in [0.2, 0.25) is 0 Å². The quantitative estimate of drug-likeness (QED) is 0.579. The molecule has 2 aromatic heterocycles. The lowest BCUT2D eigenvalue weighted by Gasteiger charge is -2.15. The van der Waals surface area contributed by atoms with E-state index in [9.17, 15) is 4.79 Å². The molecule has 5 heteroatoms. The van der Waals surface area contributed by atoms with Gasteiger partial charge in [-0.05, 0) is 55.5 Å². The highest BCUT2D eigenvalue weighted by atomic mass is 16.5. The van der Waals surface area contributed by atoms with Crippen LogP contribution in [0.15, 0.2) is 47.4 Å². The number of nitrogens with zero attached hydrogens (tertiary/aromatic N) is 3. The predicted molar refractivity (Wildman–Crippen MR) is 105 cm³/mol. The maximum absolute atomic E-state index is 13.0. The van der Waals surface area contributed by atoms with Gasteiger partial charge in [-0.15, -0.1) is 0 Å². The summed E-state index contributed by atoms with van der Waals surface area (Å²) in [5, 5.41) is 0.639. The molecular weight excluding hydrogens is 338 g/mol. The highest BCUT2D eigenvalue weighted by molar-refractivity contribution is 5.79. The Morgan fingerprint density at radius 2 is 2.00 bits per heavy atom.